The van der Waals surface area contributed by atoms with Crippen LogP contribution in [-0.4, -0.2) is 54.9 Å². The van der Waals surface area contributed by atoms with Gasteiger partial charge in [0.1, 0.15) is 13.2 Å². The summed E-state index contributed by atoms with van der Waals surface area (Å²) >= 11 is 0. The number of aryl methyl sites for hydroxylation is 2. The van der Waals surface area contributed by atoms with Gasteiger partial charge in [-0.25, -0.2) is 4.99 Å². The van der Waals surface area contributed by atoms with Gasteiger partial charge in [0.2, 0.25) is 0 Å². The summed E-state index contributed by atoms with van der Waals surface area (Å²) in [5.41, 5.74) is 7.98. The molecule has 0 radical (unpaired) electrons. The molecule has 0 atom stereocenters. The van der Waals surface area contributed by atoms with Crippen LogP contribution in [0, 0.1) is 13.8 Å². The number of rotatable bonds is 11. The number of alkyl halides is 10. The summed E-state index contributed by atoms with van der Waals surface area (Å²) in [6.07, 6.45) is -12.4. The zero-order chi connectivity index (χ0) is 50.0. The van der Waals surface area contributed by atoms with Crippen LogP contribution in [0.25, 0.3) is 33.7 Å². The Labute approximate surface area is 386 Å². The third kappa shape index (κ3) is 10.6. The molecule has 0 N–H and O–H groups in total. The third-order valence-electron chi connectivity index (χ3n) is 12.1. The van der Waals surface area contributed by atoms with Crippen LogP contribution in [0.15, 0.2) is 96.0 Å². The minimum atomic E-state index is -6.18. The molecule has 6 rings (SSSR count). The van der Waals surface area contributed by atoms with E-state index < -0.39 is 44.7 Å². The Hall–Kier alpha value is -5.15. The van der Waals surface area contributed by atoms with Gasteiger partial charge in [0, 0.05) is 33.6 Å². The molecule has 4 nitrogen and oxygen atoms in total. The summed E-state index contributed by atoms with van der Waals surface area (Å²) in [6, 6.07) is 27.3. The molecule has 67 heavy (non-hydrogen) atoms. The average molecular weight is 941 g/mol. The van der Waals surface area contributed by atoms with Crippen molar-refractivity contribution in [2.45, 2.75) is 124 Å². The van der Waals surface area contributed by atoms with E-state index in [2.05, 4.69) is 20.8 Å². The van der Waals surface area contributed by atoms with E-state index in [0.717, 1.165) is 37.9 Å². The molecule has 15 heteroatoms. The smallest absolute Gasteiger partial charge is 0.385 e. The molecule has 0 aliphatic carbocycles. The van der Waals surface area contributed by atoms with Gasteiger partial charge in [-0.1, -0.05) is 135 Å². The number of benzene rings is 4. The van der Waals surface area contributed by atoms with Crippen molar-refractivity contribution in [1.82, 2.24) is 4.48 Å². The highest BCUT2D eigenvalue weighted by Gasteiger charge is 2.60. The molecular formula is C52H55BF10N2O2. The Balaban J connectivity index is 1.75. The number of aliphatic imine (C=N–C) groups is 1. The maximum Gasteiger partial charge on any atom is 0.598 e. The fourth-order valence-corrected chi connectivity index (χ4v) is 7.76. The van der Waals surface area contributed by atoms with Crippen LogP contribution in [0.3, 0.4) is 0 Å². The predicted octanol–water partition coefficient (Wildman–Crippen LogP) is 15.3. The molecule has 358 valence electrons. The first-order valence-corrected chi connectivity index (χ1v) is 21.7. The molecular weight excluding hydrogens is 885 g/mol. The Bertz CT molecular complexity index is 2640. The summed E-state index contributed by atoms with van der Waals surface area (Å²) in [4.78, 5) is 5.18. The average Bonchev–Trinajstić information content (AvgIpc) is 3.78. The van der Waals surface area contributed by atoms with E-state index in [4.69, 9.17) is 14.3 Å². The predicted molar refractivity (Wildman–Crippen MR) is 247 cm³/mol. The third-order valence-corrected chi connectivity index (χ3v) is 12.1. The molecule has 4 aromatic carbocycles. The Morgan fingerprint density at radius 3 is 1.27 bits per heavy atom. The van der Waals surface area contributed by atoms with Gasteiger partial charge < -0.3 is 13.8 Å². The fourth-order valence-electron chi connectivity index (χ4n) is 7.76. The largest absolute Gasteiger partial charge is 0.598 e. The standard InChI is InChI=1S/C52H55BF10N2O2/c1-30-25-40-41(26-31(30)2)44(35-17-23-38(24-18-35)48(10,11)12)64-43(40)32(3)45-39(33-13-19-36(20-14-33)46(4,5)6)27-42(34-15-21-37(22-16-34)47(7,8)9)65(45)53(66-28-49(54,55)51(58,59)60)67-29-50(56,57)52(61,62)63/h13-27H,28-29H2,1-12H3/b43-32-. The van der Waals surface area contributed by atoms with Crippen molar-refractivity contribution >= 4 is 24.2 Å². The molecule has 5 aromatic rings. The van der Waals surface area contributed by atoms with Crippen LogP contribution in [0.1, 0.15) is 119 Å². The molecule has 0 amide bonds. The van der Waals surface area contributed by atoms with Crippen LogP contribution in [-0.2, 0) is 25.6 Å². The number of hydrogen-bond donors (Lipinski definition) is 0. The van der Waals surface area contributed by atoms with Crippen LogP contribution < -0.4 is 0 Å². The highest BCUT2D eigenvalue weighted by atomic mass is 19.4. The summed E-state index contributed by atoms with van der Waals surface area (Å²) in [5.74, 6) is -11.2. The van der Waals surface area contributed by atoms with Gasteiger partial charge in [-0.2, -0.15) is 43.9 Å². The zero-order valence-corrected chi connectivity index (χ0v) is 39.6. The second kappa shape index (κ2) is 17.7. The van der Waals surface area contributed by atoms with Crippen LogP contribution >= 0.6 is 0 Å². The number of aromatic nitrogens is 1. The first kappa shape index (κ1) is 51.3. The van der Waals surface area contributed by atoms with Crippen molar-refractivity contribution in [3.63, 3.8) is 0 Å². The molecule has 0 spiro atoms. The van der Waals surface area contributed by atoms with E-state index >= 15 is 0 Å². The van der Waals surface area contributed by atoms with E-state index in [9.17, 15) is 43.9 Å². The molecule has 1 aliphatic heterocycles. The van der Waals surface area contributed by atoms with E-state index in [1.807, 2.05) is 104 Å². The minimum Gasteiger partial charge on any atom is -0.385 e. The van der Waals surface area contributed by atoms with Gasteiger partial charge in [-0.15, -0.1) is 0 Å². The zero-order valence-electron chi connectivity index (χ0n) is 39.6. The number of hydrogen-bond acceptors (Lipinski definition) is 3. The molecule has 0 fully saturated rings. The normalized spacial score (nSPS) is 14.9. The van der Waals surface area contributed by atoms with Gasteiger partial charge in [-0.3, -0.25) is 0 Å². The first-order valence-electron chi connectivity index (χ1n) is 21.7. The van der Waals surface area contributed by atoms with Crippen molar-refractivity contribution in [3.8, 4) is 22.4 Å². The Morgan fingerprint density at radius 2 is 0.881 bits per heavy atom. The number of allylic oxidation sites excluding steroid dienone is 1. The summed E-state index contributed by atoms with van der Waals surface area (Å²) in [5, 5.41) is 0. The second-order valence-corrected chi connectivity index (χ2v) is 20.4. The first-order chi connectivity index (χ1) is 30.6. The van der Waals surface area contributed by atoms with Crippen molar-refractivity contribution in [3.05, 3.63) is 141 Å². The molecule has 2 heterocycles. The second-order valence-electron chi connectivity index (χ2n) is 20.4. The maximum absolute atomic E-state index is 14.8. The molecule has 0 unspecified atom stereocenters. The van der Waals surface area contributed by atoms with Crippen LogP contribution in [0.5, 0.6) is 0 Å². The van der Waals surface area contributed by atoms with E-state index in [1.54, 1.807) is 49.4 Å². The molecule has 0 saturated heterocycles. The van der Waals surface area contributed by atoms with E-state index in [1.165, 1.54) is 0 Å². The van der Waals surface area contributed by atoms with Crippen molar-refractivity contribution in [1.29, 1.82) is 0 Å². The highest BCUT2D eigenvalue weighted by molar-refractivity contribution is 6.44. The lowest BCUT2D eigenvalue weighted by atomic mass is 9.85. The van der Waals surface area contributed by atoms with Gasteiger partial charge >= 0.3 is 31.5 Å². The van der Waals surface area contributed by atoms with Gasteiger partial charge in [0.25, 0.3) is 0 Å². The van der Waals surface area contributed by atoms with Gasteiger partial charge in [0.05, 0.1) is 11.4 Å². The Kier molecular flexibility index (Phi) is 13.6. The number of fused-ring (bicyclic) bond motifs is 1. The van der Waals surface area contributed by atoms with Gasteiger partial charge in [0.15, 0.2) is 0 Å². The molecule has 0 bridgehead atoms. The SMILES string of the molecule is C/C(=C1/N=C(c2ccc(C(C)(C)C)cc2)c2cc(C)c(C)cc21)c1c(-c2ccc(C(C)(C)C)cc2)cc(-c2ccc(C(C)(C)C)cc2)n1B(OCC(F)(F)C(F)(F)F)OCC(F)(F)C(F)(F)F. The lowest BCUT2D eigenvalue weighted by Crippen LogP contribution is -2.48. The van der Waals surface area contributed by atoms with E-state index in [0.29, 0.717) is 33.7 Å². The highest BCUT2D eigenvalue weighted by Crippen LogP contribution is 2.45. The monoisotopic (exact) mass is 940 g/mol. The van der Waals surface area contributed by atoms with Crippen LogP contribution in [0.4, 0.5) is 43.9 Å². The lowest BCUT2D eigenvalue weighted by Gasteiger charge is -2.27. The summed E-state index contributed by atoms with van der Waals surface area (Å²) < 4.78 is 153. The quantitative estimate of drug-likeness (QED) is 0.0977. The summed E-state index contributed by atoms with van der Waals surface area (Å²) in [7, 11) is -2.72. The van der Waals surface area contributed by atoms with E-state index in [-0.39, 0.29) is 38.8 Å². The van der Waals surface area contributed by atoms with Gasteiger partial charge in [-0.05, 0) is 99.7 Å². The minimum absolute atomic E-state index is 0.0127. The fraction of sp³-hybridized carbons (Fsp3) is 0.404. The molecule has 1 aliphatic rings. The topological polar surface area (TPSA) is 35.8 Å². The summed E-state index contributed by atoms with van der Waals surface area (Å²) in [6.45, 7) is 18.5. The Morgan fingerprint density at radius 1 is 0.507 bits per heavy atom. The number of halogens is 10. The molecule has 0 saturated carbocycles. The van der Waals surface area contributed by atoms with Crippen molar-refractivity contribution < 1.29 is 53.2 Å². The van der Waals surface area contributed by atoms with Crippen LogP contribution in [0.2, 0.25) is 0 Å². The number of nitrogens with zero attached hydrogens (tertiary/aromatic N) is 2. The lowest BCUT2D eigenvalue weighted by molar-refractivity contribution is -0.295. The maximum atomic E-state index is 14.8. The van der Waals surface area contributed by atoms with Crippen molar-refractivity contribution in [2.24, 2.45) is 4.99 Å². The molecule has 1 aromatic heterocycles. The van der Waals surface area contributed by atoms with Crippen molar-refractivity contribution in [2.75, 3.05) is 13.2 Å².